The number of nitrogens with zero attached hydrogens (tertiary/aromatic N) is 2. The summed E-state index contributed by atoms with van der Waals surface area (Å²) in [6.45, 7) is 1.58. The van der Waals surface area contributed by atoms with E-state index >= 15 is 0 Å². The summed E-state index contributed by atoms with van der Waals surface area (Å²) in [7, 11) is 0. The van der Waals surface area contributed by atoms with E-state index in [0.29, 0.717) is 11.7 Å². The van der Waals surface area contributed by atoms with Crippen LogP contribution in [0.1, 0.15) is 32.6 Å². The minimum absolute atomic E-state index is 0.0565. The first kappa shape index (κ1) is 15.5. The maximum absolute atomic E-state index is 12.2. The van der Waals surface area contributed by atoms with Crippen LogP contribution in [0.2, 0.25) is 0 Å². The number of carboxylic acid groups (broad SMARTS) is 1. The van der Waals surface area contributed by atoms with E-state index in [1.165, 1.54) is 0 Å². The molecule has 2 N–H and O–H groups in total. The molecular weight excluding hydrogens is 314 g/mol. The molecule has 3 aromatic rings. The van der Waals surface area contributed by atoms with Gasteiger partial charge in [-0.2, -0.15) is 0 Å². The Kier molecular flexibility index (Phi) is 4.11. The van der Waals surface area contributed by atoms with Gasteiger partial charge in [-0.3, -0.25) is 4.79 Å². The molecule has 0 spiro atoms. The number of aromatic carboxylic acids is 1. The van der Waals surface area contributed by atoms with E-state index in [-0.39, 0.29) is 23.8 Å². The van der Waals surface area contributed by atoms with Crippen molar-refractivity contribution in [2.75, 3.05) is 0 Å². The smallest absolute Gasteiger partial charge is 0.357 e. The van der Waals surface area contributed by atoms with Crippen molar-refractivity contribution in [3.8, 4) is 11.5 Å². The first-order valence-corrected chi connectivity index (χ1v) is 7.03. The van der Waals surface area contributed by atoms with E-state index in [4.69, 9.17) is 13.9 Å². The second-order valence-corrected chi connectivity index (χ2v) is 4.90. The van der Waals surface area contributed by atoms with Crippen molar-refractivity contribution in [1.82, 2.24) is 15.3 Å². The monoisotopic (exact) mass is 327 g/mol. The van der Waals surface area contributed by atoms with Gasteiger partial charge in [-0.1, -0.05) is 18.2 Å². The normalized spacial score (nSPS) is 10.5. The van der Waals surface area contributed by atoms with Gasteiger partial charge in [0.1, 0.15) is 12.0 Å². The molecule has 0 aliphatic rings. The number of carbonyl (C=O) groups excluding carboxylic acids is 1. The number of amides is 1. The first-order chi connectivity index (χ1) is 11.5. The molecule has 0 aliphatic carbocycles. The van der Waals surface area contributed by atoms with E-state index in [9.17, 15) is 9.59 Å². The Morgan fingerprint density at radius 3 is 2.62 bits per heavy atom. The Labute approximate surface area is 136 Å². The number of rotatable bonds is 5. The molecule has 0 fully saturated rings. The van der Waals surface area contributed by atoms with Gasteiger partial charge in [0.25, 0.3) is 5.91 Å². The van der Waals surface area contributed by atoms with Crippen LogP contribution in [-0.2, 0) is 6.54 Å². The molecule has 1 amide bonds. The molecule has 24 heavy (non-hydrogen) atoms. The predicted octanol–water partition coefficient (Wildman–Crippen LogP) is 2.27. The van der Waals surface area contributed by atoms with Gasteiger partial charge < -0.3 is 19.3 Å². The Hall–Kier alpha value is -3.42. The minimum atomic E-state index is -1.20. The van der Waals surface area contributed by atoms with Crippen LogP contribution in [-0.4, -0.2) is 27.0 Å². The summed E-state index contributed by atoms with van der Waals surface area (Å²) in [5.41, 5.74) is 0.695. The standard InChI is InChI=1S/C16H13N3O5/c1-9-13(19-15(24-9)10-5-3-2-4-6-10)14(20)17-7-12-18-11(8-23-12)16(21)22/h2-6,8H,7H2,1H3,(H,17,20)(H,21,22). The van der Waals surface area contributed by atoms with Gasteiger partial charge in [-0.05, 0) is 19.1 Å². The van der Waals surface area contributed by atoms with Crippen molar-refractivity contribution in [2.24, 2.45) is 0 Å². The van der Waals surface area contributed by atoms with Crippen LogP contribution in [0.15, 0.2) is 45.4 Å². The fourth-order valence-electron chi connectivity index (χ4n) is 2.04. The third-order valence-corrected chi connectivity index (χ3v) is 3.20. The van der Waals surface area contributed by atoms with Crippen LogP contribution in [0.4, 0.5) is 0 Å². The van der Waals surface area contributed by atoms with E-state index in [2.05, 4.69) is 15.3 Å². The van der Waals surface area contributed by atoms with Gasteiger partial charge in [-0.15, -0.1) is 0 Å². The molecule has 0 radical (unpaired) electrons. The number of hydrogen-bond donors (Lipinski definition) is 2. The van der Waals surface area contributed by atoms with E-state index < -0.39 is 11.9 Å². The van der Waals surface area contributed by atoms with E-state index in [0.717, 1.165) is 11.8 Å². The quantitative estimate of drug-likeness (QED) is 0.737. The number of aryl methyl sites for hydroxylation is 1. The lowest BCUT2D eigenvalue weighted by Gasteiger charge is -1.99. The highest BCUT2D eigenvalue weighted by Crippen LogP contribution is 2.21. The number of benzene rings is 1. The Balaban J connectivity index is 1.71. The third-order valence-electron chi connectivity index (χ3n) is 3.20. The lowest BCUT2D eigenvalue weighted by Crippen LogP contribution is -2.24. The average molecular weight is 327 g/mol. The topological polar surface area (TPSA) is 118 Å². The van der Waals surface area contributed by atoms with Crippen molar-refractivity contribution >= 4 is 11.9 Å². The summed E-state index contributed by atoms with van der Waals surface area (Å²) in [5.74, 6) is -0.845. The van der Waals surface area contributed by atoms with Crippen molar-refractivity contribution < 1.29 is 23.5 Å². The molecule has 0 bridgehead atoms. The van der Waals surface area contributed by atoms with E-state index in [1.54, 1.807) is 6.92 Å². The lowest BCUT2D eigenvalue weighted by molar-refractivity contribution is 0.0690. The summed E-state index contributed by atoms with van der Waals surface area (Å²) in [6, 6.07) is 9.21. The Morgan fingerprint density at radius 1 is 1.21 bits per heavy atom. The number of carbonyl (C=O) groups is 2. The van der Waals surface area contributed by atoms with Gasteiger partial charge >= 0.3 is 5.97 Å². The molecular formula is C16H13N3O5. The summed E-state index contributed by atoms with van der Waals surface area (Å²) < 4.78 is 10.5. The van der Waals surface area contributed by atoms with Crippen LogP contribution in [0.3, 0.4) is 0 Å². The summed E-state index contributed by atoms with van der Waals surface area (Å²) in [6.07, 6.45) is 1.01. The van der Waals surface area contributed by atoms with Crippen molar-refractivity contribution in [1.29, 1.82) is 0 Å². The molecule has 0 unspecified atom stereocenters. The maximum Gasteiger partial charge on any atom is 0.357 e. The molecule has 8 heteroatoms. The van der Waals surface area contributed by atoms with Crippen LogP contribution in [0, 0.1) is 6.92 Å². The number of carboxylic acids is 1. The maximum atomic E-state index is 12.2. The highest BCUT2D eigenvalue weighted by Gasteiger charge is 2.19. The second-order valence-electron chi connectivity index (χ2n) is 4.90. The van der Waals surface area contributed by atoms with Crippen LogP contribution in [0.5, 0.6) is 0 Å². The lowest BCUT2D eigenvalue weighted by atomic mass is 10.2. The van der Waals surface area contributed by atoms with Gasteiger partial charge in [0.2, 0.25) is 11.8 Å². The van der Waals surface area contributed by atoms with Crippen molar-refractivity contribution in [3.05, 3.63) is 59.6 Å². The summed E-state index contributed by atoms with van der Waals surface area (Å²) in [4.78, 5) is 30.9. The molecule has 0 saturated carbocycles. The SMILES string of the molecule is Cc1oc(-c2ccccc2)nc1C(=O)NCc1nc(C(=O)O)co1. The van der Waals surface area contributed by atoms with Gasteiger partial charge in [-0.25, -0.2) is 14.8 Å². The van der Waals surface area contributed by atoms with Crippen molar-refractivity contribution in [3.63, 3.8) is 0 Å². The van der Waals surface area contributed by atoms with Crippen LogP contribution in [0.25, 0.3) is 11.5 Å². The van der Waals surface area contributed by atoms with Gasteiger partial charge in [0.15, 0.2) is 11.4 Å². The molecule has 0 saturated heterocycles. The Bertz CT molecular complexity index is 882. The zero-order chi connectivity index (χ0) is 17.1. The zero-order valence-electron chi connectivity index (χ0n) is 12.6. The molecule has 2 heterocycles. The number of nitrogens with one attached hydrogen (secondary N) is 1. The molecule has 3 rings (SSSR count). The Morgan fingerprint density at radius 2 is 1.96 bits per heavy atom. The minimum Gasteiger partial charge on any atom is -0.476 e. The molecule has 0 aliphatic heterocycles. The predicted molar refractivity (Wildman–Crippen MR) is 81.3 cm³/mol. The fraction of sp³-hybridized carbons (Fsp3) is 0.125. The number of oxazole rings is 2. The summed E-state index contributed by atoms with van der Waals surface area (Å²) in [5, 5.41) is 11.3. The van der Waals surface area contributed by atoms with E-state index in [1.807, 2.05) is 30.3 Å². The third kappa shape index (κ3) is 3.17. The first-order valence-electron chi connectivity index (χ1n) is 7.03. The zero-order valence-corrected chi connectivity index (χ0v) is 12.6. The molecule has 0 atom stereocenters. The number of aromatic nitrogens is 2. The molecule has 1 aromatic carbocycles. The van der Waals surface area contributed by atoms with Gasteiger partial charge in [0.05, 0.1) is 6.54 Å². The second kappa shape index (κ2) is 6.37. The summed E-state index contributed by atoms with van der Waals surface area (Å²) >= 11 is 0. The number of hydrogen-bond acceptors (Lipinski definition) is 6. The molecule has 8 nitrogen and oxygen atoms in total. The van der Waals surface area contributed by atoms with Crippen LogP contribution >= 0.6 is 0 Å². The van der Waals surface area contributed by atoms with Gasteiger partial charge in [0, 0.05) is 5.56 Å². The highest BCUT2D eigenvalue weighted by molar-refractivity contribution is 5.93. The fourth-order valence-corrected chi connectivity index (χ4v) is 2.04. The molecule has 2 aromatic heterocycles. The average Bonchev–Trinajstić information content (AvgIpc) is 3.20. The molecule has 122 valence electrons. The highest BCUT2D eigenvalue weighted by atomic mass is 16.4. The van der Waals surface area contributed by atoms with Crippen LogP contribution < -0.4 is 5.32 Å². The van der Waals surface area contributed by atoms with Crippen molar-refractivity contribution in [2.45, 2.75) is 13.5 Å². The largest absolute Gasteiger partial charge is 0.476 e.